The van der Waals surface area contributed by atoms with Crippen LogP contribution in [-0.2, 0) is 0 Å². The number of carbonyl (C=O) groups excluding carboxylic acids is 1. The summed E-state index contributed by atoms with van der Waals surface area (Å²) >= 11 is 6.04. The van der Waals surface area contributed by atoms with Gasteiger partial charge in [-0.25, -0.2) is 4.98 Å². The molecule has 1 amide bonds. The van der Waals surface area contributed by atoms with Crippen molar-refractivity contribution in [2.45, 2.75) is 25.3 Å². The Morgan fingerprint density at radius 2 is 2.37 bits per heavy atom. The highest BCUT2D eigenvalue weighted by molar-refractivity contribution is 6.33. The highest BCUT2D eigenvalue weighted by Gasteiger charge is 2.29. The molecule has 6 heteroatoms. The first-order chi connectivity index (χ1) is 9.17. The molecule has 0 bridgehead atoms. The molecule has 0 atom stereocenters. The summed E-state index contributed by atoms with van der Waals surface area (Å²) < 4.78 is 0. The molecule has 2 rings (SSSR count). The molecule has 0 saturated heterocycles. The van der Waals surface area contributed by atoms with Crippen molar-refractivity contribution in [1.29, 1.82) is 0 Å². The summed E-state index contributed by atoms with van der Waals surface area (Å²) in [7, 11) is 1.72. The van der Waals surface area contributed by atoms with E-state index in [1.165, 1.54) is 6.20 Å². The highest BCUT2D eigenvalue weighted by atomic mass is 35.5. The van der Waals surface area contributed by atoms with Crippen molar-refractivity contribution in [3.05, 3.63) is 22.8 Å². The van der Waals surface area contributed by atoms with Gasteiger partial charge in [0.05, 0.1) is 17.2 Å². The summed E-state index contributed by atoms with van der Waals surface area (Å²) in [6, 6.07) is 1.86. The van der Waals surface area contributed by atoms with E-state index in [2.05, 4.69) is 10.3 Å². The van der Waals surface area contributed by atoms with E-state index >= 15 is 0 Å². The first-order valence-corrected chi connectivity index (χ1v) is 6.80. The smallest absolute Gasteiger partial charge is 0.255 e. The Kier molecular flexibility index (Phi) is 4.61. The second kappa shape index (κ2) is 6.21. The summed E-state index contributed by atoms with van der Waals surface area (Å²) in [4.78, 5) is 18.2. The van der Waals surface area contributed by atoms with E-state index in [0.717, 1.165) is 19.3 Å². The maximum atomic E-state index is 12.4. The topological polar surface area (TPSA) is 65.5 Å². The lowest BCUT2D eigenvalue weighted by Crippen LogP contribution is -2.45. The van der Waals surface area contributed by atoms with Gasteiger partial charge in [-0.05, 0) is 25.3 Å². The molecule has 0 aliphatic heterocycles. The number of carbonyl (C=O) groups is 1. The monoisotopic (exact) mass is 283 g/mol. The lowest BCUT2D eigenvalue weighted by atomic mass is 9.91. The van der Waals surface area contributed by atoms with Crippen LogP contribution in [0.15, 0.2) is 12.3 Å². The predicted octanol–water partition coefficient (Wildman–Crippen LogP) is 1.76. The number of nitrogens with zero attached hydrogens (tertiary/aromatic N) is 2. The molecule has 0 unspecified atom stereocenters. The third-order valence-electron chi connectivity index (χ3n) is 3.44. The number of hydrogen-bond acceptors (Lipinski definition) is 4. The maximum Gasteiger partial charge on any atom is 0.255 e. The number of amides is 1. The Morgan fingerprint density at radius 3 is 2.84 bits per heavy atom. The van der Waals surface area contributed by atoms with Gasteiger partial charge in [0.25, 0.3) is 5.91 Å². The minimum atomic E-state index is -0.115. The summed E-state index contributed by atoms with van der Waals surface area (Å²) in [5, 5.41) is 12.4. The van der Waals surface area contributed by atoms with Crippen molar-refractivity contribution in [2.24, 2.45) is 0 Å². The molecule has 1 aliphatic rings. The average molecular weight is 284 g/mol. The molecule has 1 saturated carbocycles. The van der Waals surface area contributed by atoms with Gasteiger partial charge in [-0.15, -0.1) is 0 Å². The van der Waals surface area contributed by atoms with E-state index in [0.29, 0.717) is 22.9 Å². The standard InChI is InChI=1S/C13H18ClN3O2/c1-15-12-11(14)7-9(8-16-12)13(19)17(5-6-18)10-3-2-4-10/h7-8,10,18H,2-6H2,1H3,(H,15,16). The predicted molar refractivity (Wildman–Crippen MR) is 74.6 cm³/mol. The summed E-state index contributed by atoms with van der Waals surface area (Å²) in [5.74, 6) is 0.436. The second-order valence-electron chi connectivity index (χ2n) is 4.61. The zero-order valence-corrected chi connectivity index (χ0v) is 11.7. The first kappa shape index (κ1) is 14.1. The van der Waals surface area contributed by atoms with Gasteiger partial charge >= 0.3 is 0 Å². The second-order valence-corrected chi connectivity index (χ2v) is 5.02. The van der Waals surface area contributed by atoms with Crippen LogP contribution in [-0.4, -0.2) is 47.1 Å². The summed E-state index contributed by atoms with van der Waals surface area (Å²) in [5.41, 5.74) is 0.462. The van der Waals surface area contributed by atoms with Crippen LogP contribution in [0.1, 0.15) is 29.6 Å². The molecule has 1 aliphatic carbocycles. The van der Waals surface area contributed by atoms with Gasteiger partial charge in [-0.1, -0.05) is 11.6 Å². The lowest BCUT2D eigenvalue weighted by molar-refractivity contribution is 0.0525. The first-order valence-electron chi connectivity index (χ1n) is 6.42. The average Bonchev–Trinajstić information content (AvgIpc) is 2.35. The molecule has 1 aromatic rings. The molecule has 5 nitrogen and oxygen atoms in total. The number of aromatic nitrogens is 1. The SMILES string of the molecule is CNc1ncc(C(=O)N(CCO)C2CCC2)cc1Cl. The fourth-order valence-corrected chi connectivity index (χ4v) is 2.42. The molecular formula is C13H18ClN3O2. The number of anilines is 1. The summed E-state index contributed by atoms with van der Waals surface area (Å²) in [6.45, 7) is 0.326. The zero-order valence-electron chi connectivity index (χ0n) is 10.9. The minimum Gasteiger partial charge on any atom is -0.395 e. The van der Waals surface area contributed by atoms with E-state index < -0.39 is 0 Å². The van der Waals surface area contributed by atoms with Crippen LogP contribution in [0.2, 0.25) is 5.02 Å². The lowest BCUT2D eigenvalue weighted by Gasteiger charge is -2.37. The molecule has 0 radical (unpaired) electrons. The molecule has 1 aromatic heterocycles. The molecule has 19 heavy (non-hydrogen) atoms. The number of aliphatic hydroxyl groups excluding tert-OH is 1. The van der Waals surface area contributed by atoms with Gasteiger partial charge in [0, 0.05) is 25.8 Å². The fraction of sp³-hybridized carbons (Fsp3) is 0.538. The third kappa shape index (κ3) is 2.98. The maximum absolute atomic E-state index is 12.4. The zero-order chi connectivity index (χ0) is 13.8. The van der Waals surface area contributed by atoms with Crippen LogP contribution >= 0.6 is 11.6 Å². The van der Waals surface area contributed by atoms with Crippen LogP contribution in [0, 0.1) is 0 Å². The Labute approximate surface area is 117 Å². The van der Waals surface area contributed by atoms with Crippen molar-refractivity contribution in [3.8, 4) is 0 Å². The van der Waals surface area contributed by atoms with Gasteiger partial charge < -0.3 is 15.3 Å². The highest BCUT2D eigenvalue weighted by Crippen LogP contribution is 2.27. The van der Waals surface area contributed by atoms with Crippen LogP contribution in [0.5, 0.6) is 0 Å². The molecule has 1 heterocycles. The Hall–Kier alpha value is -1.33. The van der Waals surface area contributed by atoms with Gasteiger partial charge in [0.15, 0.2) is 0 Å². The Bertz CT molecular complexity index is 463. The van der Waals surface area contributed by atoms with E-state index in [9.17, 15) is 4.79 Å². The van der Waals surface area contributed by atoms with Crippen LogP contribution in [0.4, 0.5) is 5.82 Å². The summed E-state index contributed by atoms with van der Waals surface area (Å²) in [6.07, 6.45) is 4.66. The minimum absolute atomic E-state index is 0.0298. The molecule has 104 valence electrons. The van der Waals surface area contributed by atoms with Crippen LogP contribution < -0.4 is 5.32 Å². The largest absolute Gasteiger partial charge is 0.395 e. The van der Waals surface area contributed by atoms with Crippen molar-refractivity contribution >= 4 is 23.3 Å². The number of halogens is 1. The normalized spacial score (nSPS) is 14.9. The van der Waals surface area contributed by atoms with Gasteiger partial charge in [0.2, 0.25) is 0 Å². The van der Waals surface area contributed by atoms with E-state index in [-0.39, 0.29) is 18.6 Å². The number of hydrogen-bond donors (Lipinski definition) is 2. The number of aliphatic hydroxyl groups is 1. The third-order valence-corrected chi connectivity index (χ3v) is 3.73. The van der Waals surface area contributed by atoms with Crippen molar-refractivity contribution < 1.29 is 9.90 Å². The quantitative estimate of drug-likeness (QED) is 0.864. The van der Waals surface area contributed by atoms with Crippen LogP contribution in [0.25, 0.3) is 0 Å². The van der Waals surface area contributed by atoms with Gasteiger partial charge in [-0.3, -0.25) is 4.79 Å². The number of rotatable bonds is 5. The molecule has 1 fully saturated rings. The number of nitrogens with one attached hydrogen (secondary N) is 1. The van der Waals surface area contributed by atoms with Gasteiger partial charge in [0.1, 0.15) is 5.82 Å². The Morgan fingerprint density at radius 1 is 1.63 bits per heavy atom. The molecule has 2 N–H and O–H groups in total. The number of pyridine rings is 1. The Balaban J connectivity index is 2.18. The van der Waals surface area contributed by atoms with Gasteiger partial charge in [-0.2, -0.15) is 0 Å². The van der Waals surface area contributed by atoms with Crippen LogP contribution in [0.3, 0.4) is 0 Å². The van der Waals surface area contributed by atoms with Crippen molar-refractivity contribution in [2.75, 3.05) is 25.5 Å². The fourth-order valence-electron chi connectivity index (χ4n) is 2.16. The molecule has 0 spiro atoms. The van der Waals surface area contributed by atoms with Crippen molar-refractivity contribution in [3.63, 3.8) is 0 Å². The van der Waals surface area contributed by atoms with E-state index in [4.69, 9.17) is 16.7 Å². The van der Waals surface area contributed by atoms with E-state index in [1.807, 2.05) is 0 Å². The molecule has 0 aromatic carbocycles. The molecular weight excluding hydrogens is 266 g/mol. The van der Waals surface area contributed by atoms with Crippen molar-refractivity contribution in [1.82, 2.24) is 9.88 Å². The van der Waals surface area contributed by atoms with E-state index in [1.54, 1.807) is 18.0 Å².